The van der Waals surface area contributed by atoms with E-state index >= 15 is 0 Å². The molecule has 1 fully saturated rings. The average Bonchev–Trinajstić information content (AvgIpc) is 2.58. The van der Waals surface area contributed by atoms with Gasteiger partial charge in [-0.2, -0.15) is 13.2 Å². The zero-order valence-corrected chi connectivity index (χ0v) is 17.4. The van der Waals surface area contributed by atoms with Crippen LogP contribution < -0.4 is 5.73 Å². The predicted molar refractivity (Wildman–Crippen MR) is 100 cm³/mol. The number of alkyl halides is 3. The van der Waals surface area contributed by atoms with Gasteiger partial charge < -0.3 is 5.73 Å². The van der Waals surface area contributed by atoms with Gasteiger partial charge in [-0.15, -0.1) is 0 Å². The summed E-state index contributed by atoms with van der Waals surface area (Å²) in [6.07, 6.45) is -3.59. The first-order chi connectivity index (χ1) is 13.1. The summed E-state index contributed by atoms with van der Waals surface area (Å²) in [6.45, 7) is 5.82. The molecule has 1 aromatic carbocycles. The van der Waals surface area contributed by atoms with Gasteiger partial charge in [0.1, 0.15) is 5.82 Å². The van der Waals surface area contributed by atoms with E-state index in [1.165, 1.54) is 0 Å². The Balaban J connectivity index is 2.21. The van der Waals surface area contributed by atoms with E-state index in [4.69, 9.17) is 5.73 Å². The number of rotatable bonds is 5. The lowest BCUT2D eigenvalue weighted by molar-refractivity contribution is -0.140. The van der Waals surface area contributed by atoms with Gasteiger partial charge in [0.15, 0.2) is 9.84 Å². The minimum Gasteiger partial charge on any atom is -0.369 e. The third-order valence-corrected chi connectivity index (χ3v) is 7.54. The minimum atomic E-state index is -4.98. The molecule has 1 amide bonds. The number of carbonyl (C=O) groups excluding carboxylic acids is 1. The first kappa shape index (κ1) is 23.6. The molecule has 0 bridgehead atoms. The zero-order chi connectivity index (χ0) is 22.2. The first-order valence-corrected chi connectivity index (χ1v) is 10.8. The molecule has 2 N–H and O–H groups in total. The van der Waals surface area contributed by atoms with Crippen molar-refractivity contribution >= 4 is 15.7 Å². The summed E-state index contributed by atoms with van der Waals surface area (Å²) in [5, 5.41) is -0.860. The molecule has 0 atom stereocenters. The van der Waals surface area contributed by atoms with Gasteiger partial charge in [-0.3, -0.25) is 9.69 Å². The predicted octanol–water partition coefficient (Wildman–Crippen LogP) is 3.52. The zero-order valence-electron chi connectivity index (χ0n) is 16.6. The molecule has 1 aromatic rings. The fraction of sp³-hybridized carbons (Fsp3) is 0.632. The highest BCUT2D eigenvalue weighted by atomic mass is 32.2. The quantitative estimate of drug-likeness (QED) is 0.564. The standard InChI is InChI=1S/C19H26F4N2O3S/c1-18(2,3)25(11-17(24)26)12-4-6-13(7-5-12)29(27,28)14-8-9-16(20)15(10-14)19(21,22)23/h8-10,12-13H,4-7,11H2,1-3H3,(H2,24,26). The van der Waals surface area contributed by atoms with Gasteiger partial charge in [0.2, 0.25) is 5.91 Å². The lowest BCUT2D eigenvalue weighted by Crippen LogP contribution is -2.53. The van der Waals surface area contributed by atoms with Gasteiger partial charge in [0.05, 0.1) is 22.3 Å². The molecule has 0 saturated heterocycles. The number of hydrogen-bond acceptors (Lipinski definition) is 4. The third-order valence-electron chi connectivity index (χ3n) is 5.28. The molecule has 0 spiro atoms. The summed E-state index contributed by atoms with van der Waals surface area (Å²) in [5.74, 6) is -1.99. The van der Waals surface area contributed by atoms with Crippen molar-refractivity contribution in [3.05, 3.63) is 29.6 Å². The highest BCUT2D eigenvalue weighted by Gasteiger charge is 2.39. The van der Waals surface area contributed by atoms with E-state index in [-0.39, 0.29) is 31.0 Å². The SMILES string of the molecule is CC(C)(C)N(CC(N)=O)C1CCC(S(=O)(=O)c2ccc(F)c(C(F)(F)F)c2)CC1. The van der Waals surface area contributed by atoms with E-state index in [0.717, 1.165) is 6.07 Å². The van der Waals surface area contributed by atoms with Gasteiger partial charge in [0, 0.05) is 11.6 Å². The second-order valence-electron chi connectivity index (χ2n) is 8.38. The van der Waals surface area contributed by atoms with Crippen molar-refractivity contribution in [3.63, 3.8) is 0 Å². The summed E-state index contributed by atoms with van der Waals surface area (Å²) < 4.78 is 78.0. The van der Waals surface area contributed by atoms with Crippen molar-refractivity contribution in [2.75, 3.05) is 6.54 Å². The third kappa shape index (κ3) is 5.48. The number of amides is 1. The van der Waals surface area contributed by atoms with E-state index in [1.54, 1.807) is 0 Å². The lowest BCUT2D eigenvalue weighted by Gasteiger charge is -2.43. The topological polar surface area (TPSA) is 80.5 Å². The number of halogens is 4. The molecule has 0 radical (unpaired) electrons. The fourth-order valence-electron chi connectivity index (χ4n) is 3.84. The molecule has 2 rings (SSSR count). The molecule has 1 saturated carbocycles. The Bertz CT molecular complexity index is 855. The summed E-state index contributed by atoms with van der Waals surface area (Å²) in [4.78, 5) is 12.8. The van der Waals surface area contributed by atoms with E-state index in [2.05, 4.69) is 0 Å². The van der Waals surface area contributed by atoms with Crippen molar-refractivity contribution in [2.24, 2.45) is 5.73 Å². The van der Waals surface area contributed by atoms with E-state index in [1.807, 2.05) is 25.7 Å². The van der Waals surface area contributed by atoms with Crippen molar-refractivity contribution in [2.45, 2.75) is 74.4 Å². The summed E-state index contributed by atoms with van der Waals surface area (Å²) in [7, 11) is -4.05. The normalized spacial score (nSPS) is 21.4. The molecule has 0 heterocycles. The summed E-state index contributed by atoms with van der Waals surface area (Å²) in [6, 6.07) is 1.72. The van der Waals surface area contributed by atoms with E-state index in [0.29, 0.717) is 25.0 Å². The molecule has 0 aliphatic heterocycles. The van der Waals surface area contributed by atoms with Crippen LogP contribution in [0.4, 0.5) is 17.6 Å². The molecule has 0 aromatic heterocycles. The molecular formula is C19H26F4N2O3S. The van der Waals surface area contributed by atoms with Crippen LogP contribution in [0.1, 0.15) is 52.0 Å². The number of sulfone groups is 1. The molecule has 29 heavy (non-hydrogen) atoms. The molecular weight excluding hydrogens is 412 g/mol. The Morgan fingerprint density at radius 1 is 1.14 bits per heavy atom. The molecule has 0 unspecified atom stereocenters. The van der Waals surface area contributed by atoms with Gasteiger partial charge in [-0.05, 0) is 64.7 Å². The highest BCUT2D eigenvalue weighted by Crippen LogP contribution is 2.36. The lowest BCUT2D eigenvalue weighted by atomic mass is 9.90. The number of primary amides is 1. The Labute approximate surface area is 168 Å². The summed E-state index contributed by atoms with van der Waals surface area (Å²) in [5.41, 5.74) is 3.38. The maximum Gasteiger partial charge on any atom is 0.419 e. The van der Waals surface area contributed by atoms with Gasteiger partial charge in [-0.1, -0.05) is 0 Å². The van der Waals surface area contributed by atoms with Gasteiger partial charge in [0.25, 0.3) is 0 Å². The largest absolute Gasteiger partial charge is 0.419 e. The van der Waals surface area contributed by atoms with Crippen LogP contribution in [-0.2, 0) is 20.8 Å². The number of hydrogen-bond donors (Lipinski definition) is 1. The highest BCUT2D eigenvalue weighted by molar-refractivity contribution is 7.92. The van der Waals surface area contributed by atoms with Crippen LogP contribution in [0, 0.1) is 5.82 Å². The van der Waals surface area contributed by atoms with Gasteiger partial charge in [-0.25, -0.2) is 12.8 Å². The van der Waals surface area contributed by atoms with Crippen LogP contribution in [0.2, 0.25) is 0 Å². The van der Waals surface area contributed by atoms with Gasteiger partial charge >= 0.3 is 6.18 Å². The van der Waals surface area contributed by atoms with Crippen molar-refractivity contribution in [1.29, 1.82) is 0 Å². The van der Waals surface area contributed by atoms with Crippen LogP contribution in [0.5, 0.6) is 0 Å². The van der Waals surface area contributed by atoms with Crippen molar-refractivity contribution in [3.8, 4) is 0 Å². The number of nitrogens with two attached hydrogens (primary N) is 1. The second-order valence-corrected chi connectivity index (χ2v) is 10.6. The van der Waals surface area contributed by atoms with Crippen molar-refractivity contribution in [1.82, 2.24) is 4.90 Å². The molecule has 1 aliphatic rings. The first-order valence-electron chi connectivity index (χ1n) is 9.29. The maximum absolute atomic E-state index is 13.5. The number of benzene rings is 1. The molecule has 164 valence electrons. The average molecular weight is 438 g/mol. The number of carbonyl (C=O) groups is 1. The molecule has 1 aliphatic carbocycles. The molecule has 5 nitrogen and oxygen atoms in total. The Morgan fingerprint density at radius 2 is 1.69 bits per heavy atom. The van der Waals surface area contributed by atoms with Crippen molar-refractivity contribution < 1.29 is 30.8 Å². The van der Waals surface area contributed by atoms with E-state index < -0.39 is 43.4 Å². The van der Waals surface area contributed by atoms with E-state index in [9.17, 15) is 30.8 Å². The second kappa shape index (κ2) is 8.22. The Hall–Kier alpha value is -1.68. The monoisotopic (exact) mass is 438 g/mol. The number of nitrogens with zero attached hydrogens (tertiary/aromatic N) is 1. The maximum atomic E-state index is 13.5. The van der Waals surface area contributed by atoms with Crippen LogP contribution in [0.3, 0.4) is 0 Å². The summed E-state index contributed by atoms with van der Waals surface area (Å²) >= 11 is 0. The fourth-order valence-corrected chi connectivity index (χ4v) is 5.66. The smallest absolute Gasteiger partial charge is 0.369 e. The van der Waals surface area contributed by atoms with Crippen LogP contribution in [0.25, 0.3) is 0 Å². The van der Waals surface area contributed by atoms with Crippen LogP contribution >= 0.6 is 0 Å². The van der Waals surface area contributed by atoms with Crippen LogP contribution in [0.15, 0.2) is 23.1 Å². The van der Waals surface area contributed by atoms with Crippen LogP contribution in [-0.4, -0.2) is 42.6 Å². The Morgan fingerprint density at radius 3 is 2.14 bits per heavy atom. The molecule has 10 heteroatoms. The minimum absolute atomic E-state index is 0.0402. The Kier molecular flexibility index (Phi) is 6.69.